The third-order valence-electron chi connectivity index (χ3n) is 7.63. The zero-order valence-corrected chi connectivity index (χ0v) is 21.9. The highest BCUT2D eigenvalue weighted by Crippen LogP contribution is 2.39. The van der Waals surface area contributed by atoms with Crippen molar-refractivity contribution in [2.24, 2.45) is 0 Å². The van der Waals surface area contributed by atoms with Crippen molar-refractivity contribution in [1.29, 1.82) is 0 Å². The lowest BCUT2D eigenvalue weighted by Crippen LogP contribution is -2.64. The second-order valence-electron chi connectivity index (χ2n) is 10.8. The molecule has 0 unspecified atom stereocenters. The minimum absolute atomic E-state index is 0.0316. The Hall–Kier alpha value is -2.36. The summed E-state index contributed by atoms with van der Waals surface area (Å²) in [6, 6.07) is 7.06. The summed E-state index contributed by atoms with van der Waals surface area (Å²) < 4.78 is 6.27. The second-order valence-corrected chi connectivity index (χ2v) is 15.6. The molecule has 1 fully saturated rings. The molecule has 2 aliphatic rings. The van der Waals surface area contributed by atoms with Crippen LogP contribution in [0.5, 0.6) is 0 Å². The summed E-state index contributed by atoms with van der Waals surface area (Å²) in [4.78, 5) is 26.0. The van der Waals surface area contributed by atoms with E-state index in [0.29, 0.717) is 12.0 Å². The fourth-order valence-electron chi connectivity index (χ4n) is 4.62. The quantitative estimate of drug-likeness (QED) is 0.383. The van der Waals surface area contributed by atoms with E-state index in [1.54, 1.807) is 0 Å². The molecule has 3 rings (SSSR count). The Bertz CT molecular complexity index is 938. The molecule has 0 radical (unpaired) electrons. The van der Waals surface area contributed by atoms with Crippen LogP contribution in [0.25, 0.3) is 5.57 Å². The maximum atomic E-state index is 11.9. The van der Waals surface area contributed by atoms with Gasteiger partial charge in [-0.3, -0.25) is 4.90 Å². The SMILES string of the molecule is CC(C)(C)[Si](C)(C)OCCCc1ccc(C2=C(CO)[C@H]3CN(C(=O)O)C[C@@H](C2)N3C(=O)O)cc1. The van der Waals surface area contributed by atoms with E-state index in [9.17, 15) is 24.9 Å². The van der Waals surface area contributed by atoms with Gasteiger partial charge in [-0.15, -0.1) is 0 Å². The number of aliphatic hydroxyl groups is 1. The largest absolute Gasteiger partial charge is 0.465 e. The van der Waals surface area contributed by atoms with E-state index in [1.807, 2.05) is 12.1 Å². The molecule has 9 heteroatoms. The van der Waals surface area contributed by atoms with Crippen LogP contribution in [0.4, 0.5) is 9.59 Å². The van der Waals surface area contributed by atoms with Crippen molar-refractivity contribution in [3.8, 4) is 0 Å². The molecule has 2 heterocycles. The van der Waals surface area contributed by atoms with Crippen LogP contribution < -0.4 is 0 Å². The molecule has 2 amide bonds. The van der Waals surface area contributed by atoms with Crippen molar-refractivity contribution in [3.05, 3.63) is 41.0 Å². The summed E-state index contributed by atoms with van der Waals surface area (Å²) in [6.45, 7) is 11.8. The number of fused-ring (bicyclic) bond motifs is 2. The number of hydrogen-bond donors (Lipinski definition) is 3. The molecule has 8 nitrogen and oxygen atoms in total. The first-order valence-electron chi connectivity index (χ1n) is 11.9. The Morgan fingerprint density at radius 1 is 1.09 bits per heavy atom. The summed E-state index contributed by atoms with van der Waals surface area (Å²) in [6.07, 6.45) is 0.0799. The number of hydrogen-bond acceptors (Lipinski definition) is 4. The van der Waals surface area contributed by atoms with Crippen molar-refractivity contribution >= 4 is 26.1 Å². The predicted octanol–water partition coefficient (Wildman–Crippen LogP) is 4.50. The van der Waals surface area contributed by atoms with Crippen molar-refractivity contribution in [2.75, 3.05) is 26.3 Å². The van der Waals surface area contributed by atoms with Crippen LogP contribution >= 0.6 is 0 Å². The number of piperazine rings is 1. The van der Waals surface area contributed by atoms with Gasteiger partial charge in [0.15, 0.2) is 8.32 Å². The number of carbonyl (C=O) groups is 2. The standard InChI is InChI=1S/C25H38N2O6Si/c1-25(2,3)34(4,5)33-12-6-7-17-8-10-18(11-9-17)20-13-19-14-26(23(29)30)15-22(21(20)16-28)27(19)24(31)32/h8-11,19,22,28H,6-7,12-16H2,1-5H3,(H,29,30)(H,31,32)/t19-,22-/m1/s1. The molecule has 0 aromatic heterocycles. The van der Waals surface area contributed by atoms with Crippen LogP contribution in [0.3, 0.4) is 0 Å². The van der Waals surface area contributed by atoms with Crippen molar-refractivity contribution in [2.45, 2.75) is 70.2 Å². The zero-order valence-electron chi connectivity index (χ0n) is 20.9. The molecule has 1 aromatic carbocycles. The van der Waals surface area contributed by atoms with E-state index in [1.165, 1.54) is 15.4 Å². The summed E-state index contributed by atoms with van der Waals surface area (Å²) in [5.41, 5.74) is 3.66. The van der Waals surface area contributed by atoms with Crippen molar-refractivity contribution < 1.29 is 29.3 Å². The minimum Gasteiger partial charge on any atom is -0.465 e. The third-order valence-corrected chi connectivity index (χ3v) is 12.2. The maximum Gasteiger partial charge on any atom is 0.408 e. The first-order chi connectivity index (χ1) is 15.9. The van der Waals surface area contributed by atoms with E-state index in [4.69, 9.17) is 4.43 Å². The lowest BCUT2D eigenvalue weighted by atomic mass is 9.82. The Morgan fingerprint density at radius 2 is 1.74 bits per heavy atom. The lowest BCUT2D eigenvalue weighted by molar-refractivity contribution is 0.0343. The Labute approximate surface area is 203 Å². The van der Waals surface area contributed by atoms with Crippen LogP contribution in [-0.4, -0.2) is 84.0 Å². The van der Waals surface area contributed by atoms with Gasteiger partial charge >= 0.3 is 12.2 Å². The summed E-state index contributed by atoms with van der Waals surface area (Å²) >= 11 is 0. The van der Waals surface area contributed by atoms with E-state index in [-0.39, 0.29) is 24.7 Å². The molecule has 3 N–H and O–H groups in total. The first-order valence-corrected chi connectivity index (χ1v) is 14.8. The lowest BCUT2D eigenvalue weighted by Gasteiger charge is -2.49. The molecular formula is C25H38N2O6Si. The minimum atomic E-state index is -1.74. The highest BCUT2D eigenvalue weighted by Gasteiger charge is 2.45. The van der Waals surface area contributed by atoms with E-state index >= 15 is 0 Å². The average Bonchev–Trinajstić information content (AvgIpc) is 2.75. The Kier molecular flexibility index (Phi) is 7.79. The topological polar surface area (TPSA) is 111 Å². The van der Waals surface area contributed by atoms with Gasteiger partial charge in [0.2, 0.25) is 0 Å². The van der Waals surface area contributed by atoms with Gasteiger partial charge in [0.25, 0.3) is 0 Å². The number of benzene rings is 1. The van der Waals surface area contributed by atoms with Crippen LogP contribution in [-0.2, 0) is 10.8 Å². The van der Waals surface area contributed by atoms with Gasteiger partial charge in [0, 0.05) is 19.7 Å². The highest BCUT2D eigenvalue weighted by atomic mass is 28.4. The average molecular weight is 491 g/mol. The molecule has 1 saturated heterocycles. The molecule has 0 spiro atoms. The third kappa shape index (κ3) is 5.47. The van der Waals surface area contributed by atoms with Crippen LogP contribution in [0.15, 0.2) is 29.8 Å². The number of nitrogens with zero attached hydrogens (tertiary/aromatic N) is 2. The molecule has 188 valence electrons. The molecule has 2 atom stereocenters. The monoisotopic (exact) mass is 490 g/mol. The molecule has 2 aliphatic heterocycles. The Balaban J connectivity index is 1.72. The van der Waals surface area contributed by atoms with E-state index in [0.717, 1.165) is 30.6 Å². The van der Waals surface area contributed by atoms with Gasteiger partial charge in [0.1, 0.15) is 0 Å². The fourth-order valence-corrected chi connectivity index (χ4v) is 5.71. The number of carboxylic acid groups (broad SMARTS) is 2. The summed E-state index contributed by atoms with van der Waals surface area (Å²) in [5, 5.41) is 29.5. The summed E-state index contributed by atoms with van der Waals surface area (Å²) in [5.74, 6) is 0. The van der Waals surface area contributed by atoms with Gasteiger partial charge in [-0.05, 0) is 59.7 Å². The molecule has 0 saturated carbocycles. The number of rotatable bonds is 7. The van der Waals surface area contributed by atoms with Gasteiger partial charge in [-0.2, -0.15) is 0 Å². The van der Waals surface area contributed by atoms with Gasteiger partial charge in [0.05, 0.1) is 18.7 Å². The van der Waals surface area contributed by atoms with Gasteiger partial charge in [-0.1, -0.05) is 45.0 Å². The van der Waals surface area contributed by atoms with Crippen LogP contribution in [0, 0.1) is 0 Å². The van der Waals surface area contributed by atoms with E-state index < -0.39 is 32.6 Å². The highest BCUT2D eigenvalue weighted by molar-refractivity contribution is 6.74. The van der Waals surface area contributed by atoms with Crippen LogP contribution in [0.1, 0.15) is 44.7 Å². The second kappa shape index (κ2) is 10.1. The molecule has 34 heavy (non-hydrogen) atoms. The molecule has 1 aromatic rings. The zero-order chi connectivity index (χ0) is 25.3. The Morgan fingerprint density at radius 3 is 2.26 bits per heavy atom. The number of aryl methyl sites for hydroxylation is 1. The molecule has 0 aliphatic carbocycles. The first kappa shape index (κ1) is 26.2. The maximum absolute atomic E-state index is 11.9. The normalized spacial score (nSPS) is 21.1. The van der Waals surface area contributed by atoms with Gasteiger partial charge in [-0.25, -0.2) is 9.59 Å². The van der Waals surface area contributed by atoms with Crippen LogP contribution in [0.2, 0.25) is 18.1 Å². The number of aliphatic hydroxyl groups excluding tert-OH is 1. The fraction of sp³-hybridized carbons (Fsp3) is 0.600. The van der Waals surface area contributed by atoms with Gasteiger partial charge < -0.3 is 24.6 Å². The number of amides is 2. The predicted molar refractivity (Wildman–Crippen MR) is 134 cm³/mol. The van der Waals surface area contributed by atoms with Crippen molar-refractivity contribution in [1.82, 2.24) is 9.80 Å². The molecular weight excluding hydrogens is 452 g/mol. The summed E-state index contributed by atoms with van der Waals surface area (Å²) in [7, 11) is -1.74. The molecule has 2 bridgehead atoms. The smallest absolute Gasteiger partial charge is 0.408 e. The van der Waals surface area contributed by atoms with E-state index in [2.05, 4.69) is 46.0 Å². The van der Waals surface area contributed by atoms with Crippen molar-refractivity contribution in [3.63, 3.8) is 0 Å².